The third kappa shape index (κ3) is 4.20. The number of benzene rings is 2. The van der Waals surface area contributed by atoms with Gasteiger partial charge in [0.05, 0.1) is 10.6 Å². The van der Waals surface area contributed by atoms with Crippen LogP contribution in [0.4, 0.5) is 0 Å². The van der Waals surface area contributed by atoms with Gasteiger partial charge in [-0.1, -0.05) is 42.5 Å². The highest BCUT2D eigenvalue weighted by Crippen LogP contribution is 2.23. The Hall–Kier alpha value is -2.80. The Morgan fingerprint density at radius 2 is 1.68 bits per heavy atom. The number of nitrogens with one attached hydrogen (secondary N) is 1. The van der Waals surface area contributed by atoms with Crippen molar-refractivity contribution in [1.29, 1.82) is 0 Å². The number of hydrogen-bond acceptors (Lipinski definition) is 4. The first-order valence-corrected chi connectivity index (χ1v) is 11.2. The van der Waals surface area contributed by atoms with Gasteiger partial charge in [-0.3, -0.25) is 4.98 Å². The van der Waals surface area contributed by atoms with Gasteiger partial charge in [0.1, 0.15) is 0 Å². The van der Waals surface area contributed by atoms with Crippen LogP contribution < -0.4 is 4.72 Å². The normalized spacial score (nSPS) is 11.4. The molecular weight excluding hydrogens is 388 g/mol. The molecule has 4 nitrogen and oxygen atoms in total. The van der Waals surface area contributed by atoms with Gasteiger partial charge in [-0.2, -0.15) is 11.3 Å². The van der Waals surface area contributed by atoms with E-state index in [1.165, 1.54) is 0 Å². The number of aromatic nitrogens is 1. The van der Waals surface area contributed by atoms with Crippen molar-refractivity contribution in [2.75, 3.05) is 0 Å². The average Bonchev–Trinajstić information content (AvgIpc) is 3.28. The lowest BCUT2D eigenvalue weighted by atomic mass is 10.1. The summed E-state index contributed by atoms with van der Waals surface area (Å²) in [7, 11) is -3.62. The highest BCUT2D eigenvalue weighted by molar-refractivity contribution is 7.89. The lowest BCUT2D eigenvalue weighted by Crippen LogP contribution is -2.23. The average molecular weight is 407 g/mol. The number of pyridine rings is 1. The van der Waals surface area contributed by atoms with Crippen LogP contribution in [0.3, 0.4) is 0 Å². The maximum atomic E-state index is 12.8. The fourth-order valence-corrected chi connectivity index (χ4v) is 4.60. The zero-order valence-electron chi connectivity index (χ0n) is 14.9. The van der Waals surface area contributed by atoms with Gasteiger partial charge in [0, 0.05) is 23.7 Å². The topological polar surface area (TPSA) is 59.1 Å². The van der Waals surface area contributed by atoms with E-state index in [4.69, 9.17) is 0 Å². The number of sulfonamides is 1. The quantitative estimate of drug-likeness (QED) is 0.493. The molecule has 2 aromatic heterocycles. The molecule has 0 spiro atoms. The zero-order chi connectivity index (χ0) is 19.4. The van der Waals surface area contributed by atoms with E-state index in [9.17, 15) is 8.42 Å². The van der Waals surface area contributed by atoms with Crippen molar-refractivity contribution in [1.82, 2.24) is 9.71 Å². The summed E-state index contributed by atoms with van der Waals surface area (Å²) in [4.78, 5) is 4.61. The van der Waals surface area contributed by atoms with E-state index in [1.807, 2.05) is 65.4 Å². The van der Waals surface area contributed by atoms with E-state index in [-0.39, 0.29) is 11.4 Å². The third-order valence-electron chi connectivity index (χ3n) is 4.36. The standard InChI is InChI=1S/C22H18N2O2S2/c25-28(26,21-8-4-7-19(14-21)18-5-2-1-3-6-18)24-15-17-9-11-23-22(13-17)20-10-12-27-16-20/h1-14,16,24H,15H2. The van der Waals surface area contributed by atoms with Crippen LogP contribution in [0.5, 0.6) is 0 Å². The van der Waals surface area contributed by atoms with Crippen LogP contribution >= 0.6 is 11.3 Å². The maximum absolute atomic E-state index is 12.8. The Morgan fingerprint density at radius 3 is 2.46 bits per heavy atom. The van der Waals surface area contributed by atoms with Gasteiger partial charge in [-0.15, -0.1) is 0 Å². The van der Waals surface area contributed by atoms with Crippen molar-refractivity contribution >= 4 is 21.4 Å². The van der Waals surface area contributed by atoms with Crippen molar-refractivity contribution in [3.63, 3.8) is 0 Å². The molecule has 0 radical (unpaired) electrons. The van der Waals surface area contributed by atoms with Gasteiger partial charge in [-0.25, -0.2) is 13.1 Å². The minimum atomic E-state index is -3.62. The summed E-state index contributed by atoms with van der Waals surface area (Å²) in [6.07, 6.45) is 1.70. The van der Waals surface area contributed by atoms with Crippen molar-refractivity contribution < 1.29 is 8.42 Å². The first-order valence-electron chi connectivity index (χ1n) is 8.74. The summed E-state index contributed by atoms with van der Waals surface area (Å²) < 4.78 is 28.2. The molecule has 4 rings (SSSR count). The van der Waals surface area contributed by atoms with Crippen molar-refractivity contribution in [3.8, 4) is 22.4 Å². The molecule has 0 saturated carbocycles. The second-order valence-electron chi connectivity index (χ2n) is 6.28. The van der Waals surface area contributed by atoms with Crippen LogP contribution in [0.1, 0.15) is 5.56 Å². The van der Waals surface area contributed by atoms with Crippen molar-refractivity contribution in [2.45, 2.75) is 11.4 Å². The van der Waals surface area contributed by atoms with Gasteiger partial charge >= 0.3 is 0 Å². The summed E-state index contributed by atoms with van der Waals surface area (Å²) in [6.45, 7) is 0.206. The van der Waals surface area contributed by atoms with E-state index in [0.29, 0.717) is 0 Å². The minimum absolute atomic E-state index is 0.206. The number of rotatable bonds is 6. The lowest BCUT2D eigenvalue weighted by Gasteiger charge is -2.09. The molecule has 0 saturated heterocycles. The van der Waals surface area contributed by atoms with E-state index >= 15 is 0 Å². The van der Waals surface area contributed by atoms with Crippen LogP contribution in [0.2, 0.25) is 0 Å². The third-order valence-corrected chi connectivity index (χ3v) is 6.44. The Bertz CT molecular complexity index is 1170. The van der Waals surface area contributed by atoms with E-state index in [1.54, 1.807) is 35.7 Å². The molecule has 140 valence electrons. The summed E-state index contributed by atoms with van der Waals surface area (Å²) in [5, 5.41) is 4.01. The predicted molar refractivity (Wildman–Crippen MR) is 113 cm³/mol. The van der Waals surface area contributed by atoms with Crippen LogP contribution in [-0.2, 0) is 16.6 Å². The molecule has 0 unspecified atom stereocenters. The molecule has 0 amide bonds. The Labute approximate surface area is 168 Å². The zero-order valence-corrected chi connectivity index (χ0v) is 16.6. The summed E-state index contributed by atoms with van der Waals surface area (Å²) in [5.74, 6) is 0. The maximum Gasteiger partial charge on any atom is 0.240 e. The molecule has 4 aromatic rings. The SMILES string of the molecule is O=S(=O)(NCc1ccnc(-c2ccsc2)c1)c1cccc(-c2ccccc2)c1. The van der Waals surface area contributed by atoms with Gasteiger partial charge in [0.25, 0.3) is 0 Å². The molecular formula is C22H18N2O2S2. The van der Waals surface area contributed by atoms with Crippen LogP contribution in [0, 0.1) is 0 Å². The fraction of sp³-hybridized carbons (Fsp3) is 0.0455. The molecule has 0 aliphatic carbocycles. The number of thiophene rings is 1. The van der Waals surface area contributed by atoms with E-state index in [2.05, 4.69) is 9.71 Å². The van der Waals surface area contributed by atoms with Gasteiger partial charge < -0.3 is 0 Å². The molecule has 0 fully saturated rings. The molecule has 0 atom stereocenters. The van der Waals surface area contributed by atoms with Gasteiger partial charge in [-0.05, 0) is 52.4 Å². The molecule has 6 heteroatoms. The molecule has 0 aliphatic rings. The number of nitrogens with zero attached hydrogens (tertiary/aromatic N) is 1. The Kier molecular flexibility index (Phi) is 5.34. The van der Waals surface area contributed by atoms with Gasteiger partial charge in [0.15, 0.2) is 0 Å². The first kappa shape index (κ1) is 18.6. The monoisotopic (exact) mass is 406 g/mol. The molecule has 0 aliphatic heterocycles. The molecule has 2 aromatic carbocycles. The first-order chi connectivity index (χ1) is 13.6. The Morgan fingerprint density at radius 1 is 0.857 bits per heavy atom. The summed E-state index contributed by atoms with van der Waals surface area (Å²) in [5.41, 5.74) is 4.58. The largest absolute Gasteiger partial charge is 0.256 e. The van der Waals surface area contributed by atoms with Crippen LogP contribution in [0.15, 0.2) is 94.6 Å². The van der Waals surface area contributed by atoms with E-state index < -0.39 is 10.0 Å². The fourth-order valence-electron chi connectivity index (χ4n) is 2.89. The minimum Gasteiger partial charge on any atom is -0.256 e. The highest BCUT2D eigenvalue weighted by Gasteiger charge is 2.15. The summed E-state index contributed by atoms with van der Waals surface area (Å²) in [6, 6.07) is 22.4. The van der Waals surface area contributed by atoms with Gasteiger partial charge in [0.2, 0.25) is 10.0 Å². The van der Waals surface area contributed by atoms with Crippen molar-refractivity contribution in [3.05, 3.63) is 95.3 Å². The second-order valence-corrected chi connectivity index (χ2v) is 8.83. The molecule has 2 heterocycles. The Balaban J connectivity index is 1.53. The highest BCUT2D eigenvalue weighted by atomic mass is 32.2. The number of hydrogen-bond donors (Lipinski definition) is 1. The molecule has 28 heavy (non-hydrogen) atoms. The molecule has 0 bridgehead atoms. The second kappa shape index (κ2) is 8.06. The smallest absolute Gasteiger partial charge is 0.240 e. The predicted octanol–water partition coefficient (Wildman–Crippen LogP) is 4.96. The summed E-state index contributed by atoms with van der Waals surface area (Å²) >= 11 is 1.60. The molecule has 1 N–H and O–H groups in total. The van der Waals surface area contributed by atoms with Crippen LogP contribution in [-0.4, -0.2) is 13.4 Å². The van der Waals surface area contributed by atoms with Crippen LogP contribution in [0.25, 0.3) is 22.4 Å². The van der Waals surface area contributed by atoms with Crippen molar-refractivity contribution in [2.24, 2.45) is 0 Å². The lowest BCUT2D eigenvalue weighted by molar-refractivity contribution is 0.581. The van der Waals surface area contributed by atoms with E-state index in [0.717, 1.165) is 27.9 Å².